The molecule has 0 spiro atoms. The molecule has 2 aromatic rings. The van der Waals surface area contributed by atoms with E-state index in [2.05, 4.69) is 69.4 Å². The first kappa shape index (κ1) is 21.3. The van der Waals surface area contributed by atoms with Gasteiger partial charge in [-0.1, -0.05) is 58.4 Å². The van der Waals surface area contributed by atoms with Crippen molar-refractivity contribution in [3.63, 3.8) is 0 Å². The molecule has 2 heterocycles. The third-order valence-electron chi connectivity index (χ3n) is 6.94. The number of piperidine rings is 2. The van der Waals surface area contributed by atoms with Gasteiger partial charge in [-0.05, 0) is 61.5 Å². The molecule has 2 aliphatic rings. The van der Waals surface area contributed by atoms with Crippen LogP contribution in [0.25, 0.3) is 0 Å². The van der Waals surface area contributed by atoms with Crippen molar-refractivity contribution in [2.75, 3.05) is 19.6 Å². The average Bonchev–Trinajstić information content (AvgIpc) is 2.77. The maximum absolute atomic E-state index is 12.4. The summed E-state index contributed by atoms with van der Waals surface area (Å²) in [5, 5.41) is 0. The third kappa shape index (κ3) is 4.37. The number of rotatable bonds is 4. The Bertz CT molecular complexity index is 891. The molecule has 5 heteroatoms. The summed E-state index contributed by atoms with van der Waals surface area (Å²) in [6.07, 6.45) is 3.46. The Hall–Kier alpha value is -1.98. The van der Waals surface area contributed by atoms with E-state index < -0.39 is 0 Å². The summed E-state index contributed by atoms with van der Waals surface area (Å²) < 4.78 is 1.11. The third-order valence-corrected chi connectivity index (χ3v) is 7.47. The summed E-state index contributed by atoms with van der Waals surface area (Å²) in [6.45, 7) is 5.09. The summed E-state index contributed by atoms with van der Waals surface area (Å²) in [6, 6.07) is 19.1. The smallest absolute Gasteiger partial charge is 0.229 e. The minimum atomic E-state index is -0.134. The topological polar surface area (TPSA) is 40.6 Å². The lowest BCUT2D eigenvalue weighted by molar-refractivity contribution is -0.148. The van der Waals surface area contributed by atoms with Crippen molar-refractivity contribution in [3.05, 3.63) is 70.2 Å². The summed E-state index contributed by atoms with van der Waals surface area (Å²) >= 11 is 3.50. The van der Waals surface area contributed by atoms with Gasteiger partial charge in [0, 0.05) is 36.3 Å². The predicted octanol–water partition coefficient (Wildman–Crippen LogP) is 4.77. The van der Waals surface area contributed by atoms with Crippen LogP contribution in [0, 0.1) is 5.92 Å². The highest BCUT2D eigenvalue weighted by Gasteiger charge is 2.47. The second kappa shape index (κ2) is 9.03. The zero-order valence-electron chi connectivity index (χ0n) is 17.5. The maximum Gasteiger partial charge on any atom is 0.229 e. The molecule has 2 saturated heterocycles. The summed E-state index contributed by atoms with van der Waals surface area (Å²) in [7, 11) is 0. The molecule has 158 valence electrons. The minimum Gasteiger partial charge on any atom is -0.299 e. The van der Waals surface area contributed by atoms with Gasteiger partial charge in [-0.2, -0.15) is 0 Å². The molecule has 1 atom stereocenters. The first-order valence-corrected chi connectivity index (χ1v) is 11.6. The van der Waals surface area contributed by atoms with Gasteiger partial charge in [-0.25, -0.2) is 0 Å². The Morgan fingerprint density at radius 3 is 2.37 bits per heavy atom. The average molecular weight is 469 g/mol. The molecule has 0 bridgehead atoms. The van der Waals surface area contributed by atoms with E-state index >= 15 is 0 Å². The van der Waals surface area contributed by atoms with Gasteiger partial charge in [0.25, 0.3) is 0 Å². The first-order chi connectivity index (χ1) is 14.5. The number of benzene rings is 2. The number of carbonyl (C=O) groups is 2. The second-order valence-electron chi connectivity index (χ2n) is 8.70. The lowest BCUT2D eigenvalue weighted by Gasteiger charge is -2.49. The molecule has 4 nitrogen and oxygen atoms in total. The van der Waals surface area contributed by atoms with E-state index in [1.54, 1.807) is 0 Å². The molecular formula is C25H29BrN2O2. The molecule has 30 heavy (non-hydrogen) atoms. The lowest BCUT2D eigenvalue weighted by atomic mass is 9.62. The van der Waals surface area contributed by atoms with Gasteiger partial charge in [0.2, 0.25) is 11.8 Å². The Kier molecular flexibility index (Phi) is 6.40. The number of carbonyl (C=O) groups excluding carboxylic acids is 2. The Morgan fingerprint density at radius 2 is 1.73 bits per heavy atom. The fourth-order valence-electron chi connectivity index (χ4n) is 5.27. The van der Waals surface area contributed by atoms with Crippen LogP contribution in [0.3, 0.4) is 0 Å². The highest BCUT2D eigenvalue weighted by molar-refractivity contribution is 9.10. The van der Waals surface area contributed by atoms with Crippen molar-refractivity contribution in [2.45, 2.75) is 44.6 Å². The molecule has 2 aliphatic heterocycles. The zero-order valence-corrected chi connectivity index (χ0v) is 19.1. The molecule has 1 unspecified atom stereocenters. The van der Waals surface area contributed by atoms with Crippen LogP contribution < -0.4 is 0 Å². The van der Waals surface area contributed by atoms with Crippen LogP contribution in [0.15, 0.2) is 59.1 Å². The molecule has 0 aromatic heterocycles. The van der Waals surface area contributed by atoms with Crippen molar-refractivity contribution < 1.29 is 9.59 Å². The SMILES string of the molecule is CC(=O)N1CC(c2ccccc2)(C2CCN(Cc3ccc(Br)cc3)CC2)CCC1=O. The van der Waals surface area contributed by atoms with Crippen molar-refractivity contribution >= 4 is 27.7 Å². The van der Waals surface area contributed by atoms with Crippen LogP contribution in [0.2, 0.25) is 0 Å². The van der Waals surface area contributed by atoms with Crippen molar-refractivity contribution in [1.29, 1.82) is 0 Å². The van der Waals surface area contributed by atoms with Gasteiger partial charge in [0.05, 0.1) is 0 Å². The number of nitrogens with zero attached hydrogens (tertiary/aromatic N) is 2. The van der Waals surface area contributed by atoms with Crippen LogP contribution in [0.4, 0.5) is 0 Å². The van der Waals surface area contributed by atoms with E-state index in [1.807, 2.05) is 6.07 Å². The Labute approximate surface area is 187 Å². The number of hydrogen-bond acceptors (Lipinski definition) is 3. The maximum atomic E-state index is 12.4. The van der Waals surface area contributed by atoms with Gasteiger partial charge in [0.15, 0.2) is 0 Å². The van der Waals surface area contributed by atoms with Crippen molar-refractivity contribution in [2.24, 2.45) is 5.92 Å². The van der Waals surface area contributed by atoms with Crippen molar-refractivity contribution in [3.8, 4) is 0 Å². The number of halogens is 1. The monoisotopic (exact) mass is 468 g/mol. The lowest BCUT2D eigenvalue weighted by Crippen LogP contribution is -2.55. The number of likely N-dealkylation sites (tertiary alicyclic amines) is 2. The van der Waals surface area contributed by atoms with Gasteiger partial charge in [-0.15, -0.1) is 0 Å². The van der Waals surface area contributed by atoms with Gasteiger partial charge in [0.1, 0.15) is 0 Å². The number of hydrogen-bond donors (Lipinski definition) is 0. The summed E-state index contributed by atoms with van der Waals surface area (Å²) in [5.41, 5.74) is 2.47. The Morgan fingerprint density at radius 1 is 1.07 bits per heavy atom. The minimum absolute atomic E-state index is 0.0262. The van der Waals surface area contributed by atoms with Gasteiger partial charge >= 0.3 is 0 Å². The van der Waals surface area contributed by atoms with E-state index in [1.165, 1.54) is 23.0 Å². The summed E-state index contributed by atoms with van der Waals surface area (Å²) in [4.78, 5) is 28.6. The van der Waals surface area contributed by atoms with E-state index in [9.17, 15) is 9.59 Å². The normalized spacial score (nSPS) is 23.5. The molecular weight excluding hydrogens is 440 g/mol. The van der Waals surface area contributed by atoms with Gasteiger partial charge in [-0.3, -0.25) is 19.4 Å². The molecule has 0 saturated carbocycles. The molecule has 0 radical (unpaired) electrons. The van der Waals surface area contributed by atoms with Crippen LogP contribution >= 0.6 is 15.9 Å². The first-order valence-electron chi connectivity index (χ1n) is 10.8. The fourth-order valence-corrected chi connectivity index (χ4v) is 5.53. The molecule has 2 aromatic carbocycles. The molecule has 0 aliphatic carbocycles. The number of amides is 2. The van der Waals surface area contributed by atoms with E-state index in [4.69, 9.17) is 0 Å². The molecule has 2 amide bonds. The van der Waals surface area contributed by atoms with Crippen LogP contribution in [-0.2, 0) is 21.5 Å². The van der Waals surface area contributed by atoms with Gasteiger partial charge < -0.3 is 0 Å². The van der Waals surface area contributed by atoms with Crippen LogP contribution in [-0.4, -0.2) is 41.2 Å². The second-order valence-corrected chi connectivity index (χ2v) is 9.61. The largest absolute Gasteiger partial charge is 0.299 e. The molecule has 2 fully saturated rings. The highest BCUT2D eigenvalue weighted by Crippen LogP contribution is 2.45. The Balaban J connectivity index is 1.52. The summed E-state index contributed by atoms with van der Waals surface area (Å²) in [5.74, 6) is 0.311. The number of imide groups is 1. The van der Waals surface area contributed by atoms with E-state index in [0.29, 0.717) is 18.9 Å². The van der Waals surface area contributed by atoms with E-state index in [-0.39, 0.29) is 17.2 Å². The predicted molar refractivity (Wildman–Crippen MR) is 122 cm³/mol. The standard InChI is InChI=1S/C25H29BrN2O2/c1-19(29)28-18-25(14-11-24(28)30,21-5-3-2-4-6-21)22-12-15-27(16-13-22)17-20-7-9-23(26)10-8-20/h2-10,22H,11-18H2,1H3. The zero-order chi connectivity index (χ0) is 21.1. The molecule has 0 N–H and O–H groups in total. The van der Waals surface area contributed by atoms with E-state index in [0.717, 1.165) is 43.4 Å². The van der Waals surface area contributed by atoms with Crippen molar-refractivity contribution in [1.82, 2.24) is 9.80 Å². The molecule has 4 rings (SSSR count). The highest BCUT2D eigenvalue weighted by atomic mass is 79.9. The fraction of sp³-hybridized carbons (Fsp3) is 0.440. The van der Waals surface area contributed by atoms with Crippen LogP contribution in [0.5, 0.6) is 0 Å². The quantitative estimate of drug-likeness (QED) is 0.648. The van der Waals surface area contributed by atoms with Crippen LogP contribution in [0.1, 0.15) is 43.7 Å².